The van der Waals surface area contributed by atoms with Crippen molar-refractivity contribution in [2.24, 2.45) is 20.4 Å². The molecule has 0 unspecified atom stereocenters. The van der Waals surface area contributed by atoms with Crippen LogP contribution in [0.3, 0.4) is 0 Å². The molecule has 2 aliphatic carbocycles. The molecule has 4 aromatic rings. The molecule has 6 rings (SSSR count). The molecular formula is C38H25N9Na2O10S. The van der Waals surface area contributed by atoms with Crippen LogP contribution in [0, 0.1) is 0 Å². The number of ketones is 2. The number of anilines is 4. The van der Waals surface area contributed by atoms with Gasteiger partial charge in [0.25, 0.3) is 11.3 Å². The van der Waals surface area contributed by atoms with Gasteiger partial charge >= 0.3 is 59.1 Å². The number of nitrogens with one attached hydrogen (secondary N) is 5. The summed E-state index contributed by atoms with van der Waals surface area (Å²) in [5.74, 6) is -3.32. The molecule has 0 bridgehead atoms. The topological polar surface area (TPSA) is 292 Å². The monoisotopic (exact) mass is 845 g/mol. The van der Waals surface area contributed by atoms with Gasteiger partial charge in [-0.2, -0.15) is 10.2 Å². The summed E-state index contributed by atoms with van der Waals surface area (Å²) >= 11 is 0. The molecular weight excluding hydrogens is 821 g/mol. The quantitative estimate of drug-likeness (QED) is 0.0169. The minimum atomic E-state index is -4.69. The van der Waals surface area contributed by atoms with Gasteiger partial charge in [-0.15, -0.1) is 10.2 Å². The van der Waals surface area contributed by atoms with Crippen molar-refractivity contribution in [1.29, 1.82) is 0 Å². The predicted octanol–water partition coefficient (Wildman–Crippen LogP) is -6.15. The van der Waals surface area contributed by atoms with Gasteiger partial charge in [0.15, 0.2) is 11.1 Å². The number of aliphatic carboxylic acids is 1. The Kier molecular flexibility index (Phi) is 16.0. The van der Waals surface area contributed by atoms with E-state index in [-0.39, 0.29) is 87.3 Å². The smallest absolute Gasteiger partial charge is 0.744 e. The predicted molar refractivity (Wildman–Crippen MR) is 206 cm³/mol. The van der Waals surface area contributed by atoms with Gasteiger partial charge in [-0.25, -0.2) is 8.42 Å². The molecule has 290 valence electrons. The fourth-order valence-electron chi connectivity index (χ4n) is 4.91. The van der Waals surface area contributed by atoms with E-state index >= 15 is 0 Å². The maximum Gasteiger partial charge on any atom is 1.00 e. The van der Waals surface area contributed by atoms with Gasteiger partial charge in [0.2, 0.25) is 11.2 Å². The van der Waals surface area contributed by atoms with Gasteiger partial charge in [-0.3, -0.25) is 34.8 Å². The van der Waals surface area contributed by atoms with Crippen molar-refractivity contribution in [3.8, 4) is 0 Å². The van der Waals surface area contributed by atoms with Crippen molar-refractivity contribution in [2.75, 3.05) is 21.6 Å². The zero-order valence-corrected chi connectivity index (χ0v) is 36.1. The van der Waals surface area contributed by atoms with Crippen molar-refractivity contribution in [3.05, 3.63) is 169 Å². The van der Waals surface area contributed by atoms with Crippen molar-refractivity contribution in [2.45, 2.75) is 4.90 Å². The zero-order chi connectivity index (χ0) is 41.4. The molecule has 0 heterocycles. The van der Waals surface area contributed by atoms with Crippen LogP contribution in [-0.2, 0) is 24.5 Å². The average Bonchev–Trinajstić information content (AvgIpc) is 3.21. The maximum absolute atomic E-state index is 12.9. The van der Waals surface area contributed by atoms with Gasteiger partial charge in [0.1, 0.15) is 21.2 Å². The first kappa shape index (κ1) is 46.5. The Morgan fingerprint density at radius 1 is 0.650 bits per heavy atom. The molecule has 0 aliphatic heterocycles. The van der Waals surface area contributed by atoms with Crippen LogP contribution in [-0.4, -0.2) is 47.8 Å². The van der Waals surface area contributed by atoms with E-state index in [1.54, 1.807) is 36.4 Å². The van der Waals surface area contributed by atoms with Crippen LogP contribution < -0.4 is 113 Å². The Morgan fingerprint density at radius 3 is 1.98 bits per heavy atom. The molecule has 5 N–H and O–H groups in total. The Morgan fingerprint density at radius 2 is 1.30 bits per heavy atom. The van der Waals surface area contributed by atoms with Crippen LogP contribution in [0.5, 0.6) is 0 Å². The number of hydrogen-bond donors (Lipinski definition) is 5. The summed E-state index contributed by atoms with van der Waals surface area (Å²) < 4.78 is 34.0. The normalized spacial score (nSPS) is 15.3. The van der Waals surface area contributed by atoms with E-state index in [9.17, 15) is 46.8 Å². The summed E-state index contributed by atoms with van der Waals surface area (Å²) in [5, 5.41) is 29.2. The summed E-state index contributed by atoms with van der Waals surface area (Å²) in [7, 11) is -4.69. The van der Waals surface area contributed by atoms with Crippen LogP contribution in [0.1, 0.15) is 10.4 Å². The van der Waals surface area contributed by atoms with Crippen LogP contribution in [0.2, 0.25) is 0 Å². The first-order valence-corrected chi connectivity index (χ1v) is 17.9. The Bertz CT molecular complexity index is 2920. The van der Waals surface area contributed by atoms with E-state index in [1.807, 2.05) is 0 Å². The van der Waals surface area contributed by atoms with Crippen LogP contribution in [0.4, 0.5) is 22.7 Å². The molecule has 0 fully saturated rings. The number of allylic oxidation sites excluding steroid dienone is 6. The minimum absolute atomic E-state index is 0. The molecule has 2 aliphatic rings. The van der Waals surface area contributed by atoms with Crippen molar-refractivity contribution >= 4 is 67.7 Å². The van der Waals surface area contributed by atoms with Crippen LogP contribution in [0.15, 0.2) is 168 Å². The zero-order valence-electron chi connectivity index (χ0n) is 31.3. The third kappa shape index (κ3) is 12.2. The number of amides is 1. The Hall–Kier alpha value is -6.23. The number of carbonyl (C=O) groups excluding carboxylic acids is 4. The van der Waals surface area contributed by atoms with Gasteiger partial charge in [0.05, 0.1) is 39.3 Å². The molecule has 0 saturated carbocycles. The van der Waals surface area contributed by atoms with E-state index in [4.69, 9.17) is 0 Å². The molecule has 19 nitrogen and oxygen atoms in total. The molecule has 0 saturated heterocycles. The van der Waals surface area contributed by atoms with E-state index in [0.717, 1.165) is 36.4 Å². The third-order valence-electron chi connectivity index (χ3n) is 7.86. The SMILES string of the molecule is O=C([O-])C1=C/C(=N\Nc2ccc(C(=O)Nc3ccc(N\N=c4/ccc(=O)c(=O)/c4=N/N=C4\C=C(NNc5cccc(S(=O)(=O)[O-])c5)C=CC4=O)cc3)cc2)C=CC1=O.[Na+].[Na+]. The van der Waals surface area contributed by atoms with Crippen molar-refractivity contribution in [3.63, 3.8) is 0 Å². The van der Waals surface area contributed by atoms with Crippen molar-refractivity contribution in [1.82, 2.24) is 5.43 Å². The van der Waals surface area contributed by atoms with E-state index in [0.29, 0.717) is 22.6 Å². The van der Waals surface area contributed by atoms with E-state index in [2.05, 4.69) is 47.4 Å². The van der Waals surface area contributed by atoms with Gasteiger partial charge < -0.3 is 30.6 Å². The largest absolute Gasteiger partial charge is 1.00 e. The van der Waals surface area contributed by atoms with Crippen LogP contribution in [0.25, 0.3) is 0 Å². The maximum atomic E-state index is 12.9. The molecule has 4 aromatic carbocycles. The summed E-state index contributed by atoms with van der Waals surface area (Å²) in [5.41, 5.74) is 10.5. The van der Waals surface area contributed by atoms with Gasteiger partial charge in [0, 0.05) is 16.8 Å². The molecule has 0 spiro atoms. The number of hydrazone groups is 1. The minimum Gasteiger partial charge on any atom is -0.744 e. The number of carboxylic acid groups (broad SMARTS) is 1. The molecule has 0 atom stereocenters. The number of carbonyl (C=O) groups is 4. The number of hydrazine groups is 1. The third-order valence-corrected chi connectivity index (χ3v) is 8.69. The van der Waals surface area contributed by atoms with E-state index < -0.39 is 60.2 Å². The number of hydrogen-bond acceptors (Lipinski definition) is 18. The summed E-state index contributed by atoms with van der Waals surface area (Å²) in [6, 6.07) is 19.8. The number of rotatable bonds is 12. The summed E-state index contributed by atoms with van der Waals surface area (Å²) in [6.07, 6.45) is 7.30. The van der Waals surface area contributed by atoms with Crippen molar-refractivity contribution < 1.29 is 96.4 Å². The fraction of sp³-hybridized carbons (Fsp3) is 0. The summed E-state index contributed by atoms with van der Waals surface area (Å²) in [6.45, 7) is 0. The Balaban J connectivity index is 0.00000397. The summed E-state index contributed by atoms with van der Waals surface area (Å²) in [4.78, 5) is 72.6. The molecule has 0 radical (unpaired) electrons. The fourth-order valence-corrected chi connectivity index (χ4v) is 5.42. The molecule has 22 heteroatoms. The second-order valence-corrected chi connectivity index (χ2v) is 13.3. The molecule has 0 aromatic heterocycles. The Labute approximate surface area is 382 Å². The first-order valence-electron chi connectivity index (χ1n) is 16.5. The average molecular weight is 846 g/mol. The van der Waals surface area contributed by atoms with Gasteiger partial charge in [-0.1, -0.05) is 6.07 Å². The second kappa shape index (κ2) is 20.6. The van der Waals surface area contributed by atoms with Crippen LogP contribution >= 0.6 is 0 Å². The standard InChI is InChI=1S/C38H27N9O10S.2Na/c48-32-15-12-26(19-29(32)38(53)54)43-40-23-6-4-21(5-7-23)37(52)39-22-8-10-24(11-9-22)41-45-30-14-17-34(50)36(51)35(30)47-46-31-20-27(13-16-33(31)49)44-42-25-2-1-3-28(18-25)58(55,56)57;;/h1-20,40-42,44H,(H,39,52)(H,53,54)(H,55,56,57);;/q;2*+1/p-2/b43-26-,45-30+,46-31+,47-35+;;. The first-order chi connectivity index (χ1) is 27.7. The van der Waals surface area contributed by atoms with Gasteiger partial charge in [-0.05, 0) is 115 Å². The number of carboxylic acids is 1. The molecule has 1 amide bonds. The number of nitrogens with zero attached hydrogens (tertiary/aromatic N) is 4. The second-order valence-electron chi connectivity index (χ2n) is 11.9. The molecule has 60 heavy (non-hydrogen) atoms. The number of benzene rings is 4. The van der Waals surface area contributed by atoms with E-state index in [1.165, 1.54) is 48.6 Å².